The van der Waals surface area contributed by atoms with Crippen LogP contribution in [-0.2, 0) is 9.84 Å². The number of hydrogen-bond donors (Lipinski definition) is 0. The van der Waals surface area contributed by atoms with Gasteiger partial charge in [0.25, 0.3) is 5.69 Å². The first kappa shape index (κ1) is 16.2. The Hall–Kier alpha value is -1.67. The van der Waals surface area contributed by atoms with Gasteiger partial charge < -0.3 is 4.90 Å². The van der Waals surface area contributed by atoms with Crippen LogP contribution in [-0.4, -0.2) is 56.7 Å². The van der Waals surface area contributed by atoms with Crippen molar-refractivity contribution in [3.05, 3.63) is 28.3 Å². The van der Waals surface area contributed by atoms with Crippen molar-refractivity contribution in [1.82, 2.24) is 4.90 Å². The zero-order valence-electron chi connectivity index (χ0n) is 13.1. The molecule has 0 bridgehead atoms. The van der Waals surface area contributed by atoms with E-state index in [0.29, 0.717) is 11.7 Å². The summed E-state index contributed by atoms with van der Waals surface area (Å²) in [6, 6.07) is 4.57. The van der Waals surface area contributed by atoms with Crippen LogP contribution in [0.2, 0.25) is 0 Å². The molecular formula is C15H21N3O4S. The molecule has 0 aliphatic carbocycles. The van der Waals surface area contributed by atoms with E-state index in [4.69, 9.17) is 0 Å². The molecule has 0 saturated carbocycles. The second-order valence-corrected chi connectivity index (χ2v) is 8.30. The zero-order valence-corrected chi connectivity index (χ0v) is 14.0. The third-order valence-electron chi connectivity index (χ3n) is 4.71. The minimum atomic E-state index is -3.52. The van der Waals surface area contributed by atoms with E-state index in [9.17, 15) is 18.5 Å². The van der Waals surface area contributed by atoms with Gasteiger partial charge >= 0.3 is 0 Å². The van der Waals surface area contributed by atoms with Crippen LogP contribution in [0, 0.1) is 10.1 Å². The third kappa shape index (κ3) is 3.32. The molecule has 2 saturated heterocycles. The molecule has 0 N–H and O–H groups in total. The molecule has 0 amide bonds. The lowest BCUT2D eigenvalue weighted by atomic mass is 10.2. The Labute approximate surface area is 136 Å². The highest BCUT2D eigenvalue weighted by atomic mass is 32.2. The number of hydrogen-bond acceptors (Lipinski definition) is 6. The van der Waals surface area contributed by atoms with Gasteiger partial charge in [0.2, 0.25) is 0 Å². The van der Waals surface area contributed by atoms with Gasteiger partial charge in [0, 0.05) is 37.5 Å². The van der Waals surface area contributed by atoms with Crippen molar-refractivity contribution >= 4 is 21.2 Å². The first-order valence-electron chi connectivity index (χ1n) is 7.84. The summed E-state index contributed by atoms with van der Waals surface area (Å²) in [4.78, 5) is 14.9. The van der Waals surface area contributed by atoms with Crippen LogP contribution in [0.5, 0.6) is 0 Å². The van der Waals surface area contributed by atoms with Crippen molar-refractivity contribution in [3.63, 3.8) is 0 Å². The largest absolute Gasteiger partial charge is 0.369 e. The van der Waals surface area contributed by atoms with Gasteiger partial charge in [-0.15, -0.1) is 0 Å². The molecule has 0 spiro atoms. The van der Waals surface area contributed by atoms with Crippen LogP contribution in [0.25, 0.3) is 0 Å². The van der Waals surface area contributed by atoms with Crippen molar-refractivity contribution in [2.45, 2.75) is 30.2 Å². The van der Waals surface area contributed by atoms with Crippen LogP contribution in [0.4, 0.5) is 11.4 Å². The summed E-state index contributed by atoms with van der Waals surface area (Å²) >= 11 is 0. The number of rotatable bonds is 4. The predicted molar refractivity (Wildman–Crippen MR) is 87.6 cm³/mol. The van der Waals surface area contributed by atoms with Gasteiger partial charge in [-0.05, 0) is 38.4 Å². The van der Waals surface area contributed by atoms with Crippen LogP contribution >= 0.6 is 0 Å². The quantitative estimate of drug-likeness (QED) is 0.613. The lowest BCUT2D eigenvalue weighted by Gasteiger charge is -2.25. The van der Waals surface area contributed by atoms with E-state index in [0.717, 1.165) is 38.9 Å². The Balaban J connectivity index is 1.89. The Kier molecular flexibility index (Phi) is 4.29. The van der Waals surface area contributed by atoms with Gasteiger partial charge in [-0.1, -0.05) is 0 Å². The molecule has 2 aliphatic heterocycles. The number of benzene rings is 1. The second-order valence-electron chi connectivity index (χ2n) is 6.31. The number of non-ortho nitro benzene ring substituents is 1. The molecule has 1 aromatic rings. The Morgan fingerprint density at radius 1 is 1.22 bits per heavy atom. The molecule has 126 valence electrons. The molecule has 3 rings (SSSR count). The van der Waals surface area contributed by atoms with Crippen LogP contribution in [0.15, 0.2) is 23.1 Å². The number of anilines is 1. The molecule has 1 atom stereocenters. The first-order valence-corrected chi connectivity index (χ1v) is 9.73. The fourth-order valence-corrected chi connectivity index (χ4v) is 4.45. The summed E-state index contributed by atoms with van der Waals surface area (Å²) in [7, 11) is -3.52. The lowest BCUT2D eigenvalue weighted by Crippen LogP contribution is -2.35. The van der Waals surface area contributed by atoms with Gasteiger partial charge in [0.05, 0.1) is 15.5 Å². The predicted octanol–water partition coefficient (Wildman–Crippen LogP) is 1.67. The van der Waals surface area contributed by atoms with E-state index < -0.39 is 14.8 Å². The molecule has 1 aromatic carbocycles. The average molecular weight is 339 g/mol. The molecule has 8 heteroatoms. The van der Waals surface area contributed by atoms with Crippen molar-refractivity contribution in [3.8, 4) is 0 Å². The van der Waals surface area contributed by atoms with E-state index in [1.807, 2.05) is 4.90 Å². The van der Waals surface area contributed by atoms with Gasteiger partial charge in [-0.2, -0.15) is 0 Å². The molecular weight excluding hydrogens is 318 g/mol. The van der Waals surface area contributed by atoms with E-state index in [1.54, 1.807) is 6.07 Å². The minimum absolute atomic E-state index is 0.0498. The number of sulfone groups is 1. The third-order valence-corrected chi connectivity index (χ3v) is 5.84. The highest BCUT2D eigenvalue weighted by molar-refractivity contribution is 7.90. The molecule has 2 fully saturated rings. The zero-order chi connectivity index (χ0) is 16.6. The van der Waals surface area contributed by atoms with Gasteiger partial charge in [0.15, 0.2) is 9.84 Å². The van der Waals surface area contributed by atoms with Crippen molar-refractivity contribution in [2.24, 2.45) is 0 Å². The van der Waals surface area contributed by atoms with E-state index in [1.165, 1.54) is 25.0 Å². The monoisotopic (exact) mass is 339 g/mol. The van der Waals surface area contributed by atoms with Gasteiger partial charge in [-0.3, -0.25) is 15.0 Å². The number of nitrogens with zero attached hydrogens (tertiary/aromatic N) is 3. The fraction of sp³-hybridized carbons (Fsp3) is 0.600. The van der Waals surface area contributed by atoms with Crippen LogP contribution < -0.4 is 4.90 Å². The minimum Gasteiger partial charge on any atom is -0.369 e. The SMILES string of the molecule is CS(=O)(=O)c1cc([N+](=O)[O-])ccc1N1CCC(N2CCCC2)C1. The van der Waals surface area contributed by atoms with Crippen molar-refractivity contribution in [2.75, 3.05) is 37.3 Å². The molecule has 2 heterocycles. The number of likely N-dealkylation sites (tertiary alicyclic amines) is 1. The van der Waals surface area contributed by atoms with Crippen LogP contribution in [0.1, 0.15) is 19.3 Å². The number of nitro groups is 1. The summed E-state index contributed by atoms with van der Waals surface area (Å²) in [6.07, 6.45) is 4.55. The van der Waals surface area contributed by atoms with Gasteiger partial charge in [-0.25, -0.2) is 8.42 Å². The summed E-state index contributed by atoms with van der Waals surface area (Å²) in [5.41, 5.74) is 0.393. The van der Waals surface area contributed by atoms with Gasteiger partial charge in [0.1, 0.15) is 0 Å². The maximum absolute atomic E-state index is 12.1. The Bertz CT molecular complexity index is 713. The molecule has 23 heavy (non-hydrogen) atoms. The molecule has 0 aromatic heterocycles. The van der Waals surface area contributed by atoms with E-state index >= 15 is 0 Å². The molecule has 2 aliphatic rings. The van der Waals surface area contributed by atoms with Crippen molar-refractivity contribution in [1.29, 1.82) is 0 Å². The van der Waals surface area contributed by atoms with E-state index in [-0.39, 0.29) is 10.6 Å². The average Bonchev–Trinajstić information content (AvgIpc) is 3.16. The fourth-order valence-electron chi connectivity index (χ4n) is 3.54. The normalized spacial score (nSPS) is 22.7. The lowest BCUT2D eigenvalue weighted by molar-refractivity contribution is -0.385. The summed E-state index contributed by atoms with van der Waals surface area (Å²) in [6.45, 7) is 3.78. The summed E-state index contributed by atoms with van der Waals surface area (Å²) in [5.74, 6) is 0. The summed E-state index contributed by atoms with van der Waals surface area (Å²) < 4.78 is 24.1. The van der Waals surface area contributed by atoms with Crippen molar-refractivity contribution < 1.29 is 13.3 Å². The Morgan fingerprint density at radius 2 is 1.91 bits per heavy atom. The Morgan fingerprint density at radius 3 is 2.52 bits per heavy atom. The second kappa shape index (κ2) is 6.09. The highest BCUT2D eigenvalue weighted by Gasteiger charge is 2.32. The van der Waals surface area contributed by atoms with Crippen LogP contribution in [0.3, 0.4) is 0 Å². The molecule has 7 nitrogen and oxygen atoms in total. The number of nitro benzene ring substituents is 1. The first-order chi connectivity index (χ1) is 10.9. The highest BCUT2D eigenvalue weighted by Crippen LogP contribution is 2.33. The standard InChI is InChI=1S/C15H21N3O4S/c1-23(21,22)15-10-12(18(19)20)4-5-14(15)17-9-6-13(11-17)16-7-2-3-8-16/h4-5,10,13H,2-3,6-9,11H2,1H3. The molecule has 1 unspecified atom stereocenters. The maximum atomic E-state index is 12.1. The smallest absolute Gasteiger partial charge is 0.270 e. The topological polar surface area (TPSA) is 83.8 Å². The summed E-state index contributed by atoms with van der Waals surface area (Å²) in [5, 5.41) is 10.9. The maximum Gasteiger partial charge on any atom is 0.270 e. The molecule has 0 radical (unpaired) electrons. The van der Waals surface area contributed by atoms with E-state index in [2.05, 4.69) is 4.90 Å².